The predicted molar refractivity (Wildman–Crippen MR) is 119 cm³/mol. The lowest BCUT2D eigenvalue weighted by molar-refractivity contribution is 0.0735. The van der Waals surface area contributed by atoms with Gasteiger partial charge < -0.3 is 10.0 Å². The lowest BCUT2D eigenvalue weighted by atomic mass is 9.95. The van der Waals surface area contributed by atoms with Crippen molar-refractivity contribution in [2.45, 2.75) is 30.8 Å². The van der Waals surface area contributed by atoms with Crippen LogP contribution in [0.15, 0.2) is 46.1 Å². The predicted octanol–water partition coefficient (Wildman–Crippen LogP) is 5.89. The molecule has 2 fully saturated rings. The van der Waals surface area contributed by atoms with Crippen LogP contribution in [0.4, 0.5) is 24.7 Å². The molecule has 0 radical (unpaired) electrons. The summed E-state index contributed by atoms with van der Waals surface area (Å²) in [4.78, 5) is 6.20. The molecule has 2 aliphatic rings. The number of rotatable bonds is 8. The fourth-order valence-corrected chi connectivity index (χ4v) is 5.20. The van der Waals surface area contributed by atoms with Crippen LogP contribution in [-0.2, 0) is 13.1 Å². The molecule has 0 bridgehead atoms. The minimum atomic E-state index is -0.695. The fraction of sp³-hybridized carbons (Fsp3) is 0.318. The van der Waals surface area contributed by atoms with Gasteiger partial charge in [0.1, 0.15) is 28.2 Å². The van der Waals surface area contributed by atoms with Gasteiger partial charge in [0.25, 0.3) is 0 Å². The second kappa shape index (κ2) is 8.37. The van der Waals surface area contributed by atoms with Crippen molar-refractivity contribution in [3.05, 3.63) is 69.8 Å². The zero-order valence-corrected chi connectivity index (χ0v) is 18.3. The third-order valence-electron chi connectivity index (χ3n) is 5.84. The highest BCUT2D eigenvalue weighted by Crippen LogP contribution is 2.53. The first-order chi connectivity index (χ1) is 15.0. The standard InChI is InChI=1S/C22H21F3N4S2/c23-17-3-1-2-14(9-29-11-22(12-29)4-5-22)16(17)8-26-15-6-18(24)21(19(25)7-15)31-28-20-10-30-13-27-20/h1-3,6-7,10,13,26,28H,4-5,8-9,11-12H2. The number of likely N-dealkylation sites (tertiary alicyclic amines) is 1. The Morgan fingerprint density at radius 3 is 2.55 bits per heavy atom. The Bertz CT molecular complexity index is 1060. The second-order valence-corrected chi connectivity index (χ2v) is 9.76. The monoisotopic (exact) mass is 462 g/mol. The largest absolute Gasteiger partial charge is 0.381 e. The molecule has 31 heavy (non-hydrogen) atoms. The highest BCUT2D eigenvalue weighted by molar-refractivity contribution is 8.00. The molecule has 1 saturated carbocycles. The van der Waals surface area contributed by atoms with Gasteiger partial charge in [-0.05, 0) is 54.0 Å². The van der Waals surface area contributed by atoms with Crippen molar-refractivity contribution >= 4 is 34.8 Å². The van der Waals surface area contributed by atoms with Crippen LogP contribution in [0.1, 0.15) is 24.0 Å². The molecule has 2 N–H and O–H groups in total. The van der Waals surface area contributed by atoms with E-state index in [9.17, 15) is 13.2 Å². The highest BCUT2D eigenvalue weighted by Gasteiger charge is 2.51. The van der Waals surface area contributed by atoms with E-state index in [0.29, 0.717) is 23.3 Å². The lowest BCUT2D eigenvalue weighted by Crippen LogP contribution is -2.47. The van der Waals surface area contributed by atoms with Crippen molar-refractivity contribution in [1.29, 1.82) is 0 Å². The van der Waals surface area contributed by atoms with E-state index in [1.54, 1.807) is 17.0 Å². The van der Waals surface area contributed by atoms with Crippen LogP contribution in [0.25, 0.3) is 0 Å². The molecule has 0 amide bonds. The molecular weight excluding hydrogens is 441 g/mol. The minimum Gasteiger partial charge on any atom is -0.381 e. The van der Waals surface area contributed by atoms with Gasteiger partial charge in [-0.1, -0.05) is 12.1 Å². The quantitative estimate of drug-likeness (QED) is 0.409. The summed E-state index contributed by atoms with van der Waals surface area (Å²) in [7, 11) is 0. The van der Waals surface area contributed by atoms with Crippen LogP contribution in [0, 0.1) is 22.9 Å². The molecule has 1 saturated heterocycles. The smallest absolute Gasteiger partial charge is 0.147 e. The average Bonchev–Trinajstić information content (AvgIpc) is 3.33. The molecule has 2 heterocycles. The summed E-state index contributed by atoms with van der Waals surface area (Å²) in [6.45, 7) is 2.99. The molecule has 3 aromatic rings. The third kappa shape index (κ3) is 4.53. The van der Waals surface area contributed by atoms with E-state index >= 15 is 0 Å². The van der Waals surface area contributed by atoms with Crippen LogP contribution in [0.3, 0.4) is 0 Å². The normalized spacial score (nSPS) is 16.9. The van der Waals surface area contributed by atoms with Gasteiger partial charge in [-0.25, -0.2) is 18.2 Å². The third-order valence-corrected chi connectivity index (χ3v) is 7.33. The summed E-state index contributed by atoms with van der Waals surface area (Å²) in [5.41, 5.74) is 3.87. The number of nitrogens with one attached hydrogen (secondary N) is 2. The molecule has 5 rings (SSSR count). The molecule has 1 aliphatic carbocycles. The molecule has 0 atom stereocenters. The van der Waals surface area contributed by atoms with Crippen molar-refractivity contribution in [1.82, 2.24) is 9.88 Å². The molecule has 1 aromatic heterocycles. The first-order valence-corrected chi connectivity index (χ1v) is 11.8. The average molecular weight is 463 g/mol. The number of halogens is 3. The van der Waals surface area contributed by atoms with Gasteiger partial charge in [-0.2, -0.15) is 0 Å². The molecular formula is C22H21F3N4S2. The lowest BCUT2D eigenvalue weighted by Gasteiger charge is -2.40. The molecule has 162 valence electrons. The van der Waals surface area contributed by atoms with Crippen molar-refractivity contribution in [3.8, 4) is 0 Å². The zero-order valence-electron chi connectivity index (χ0n) is 16.6. The molecule has 2 aromatic carbocycles. The summed E-state index contributed by atoms with van der Waals surface area (Å²) in [6, 6.07) is 7.50. The number of hydrogen-bond acceptors (Lipinski definition) is 6. The summed E-state index contributed by atoms with van der Waals surface area (Å²) in [5, 5.41) is 4.73. The summed E-state index contributed by atoms with van der Waals surface area (Å²) in [6.07, 6.45) is 2.59. The van der Waals surface area contributed by atoms with Gasteiger partial charge in [0, 0.05) is 42.8 Å². The van der Waals surface area contributed by atoms with E-state index in [1.807, 2.05) is 6.07 Å². The Hall–Kier alpha value is -2.23. The molecule has 1 aliphatic heterocycles. The van der Waals surface area contributed by atoms with Crippen molar-refractivity contribution < 1.29 is 13.2 Å². The maximum Gasteiger partial charge on any atom is 0.147 e. The van der Waals surface area contributed by atoms with Crippen LogP contribution in [-0.4, -0.2) is 23.0 Å². The van der Waals surface area contributed by atoms with Gasteiger partial charge in [0.2, 0.25) is 0 Å². The Kier molecular flexibility index (Phi) is 5.58. The Morgan fingerprint density at radius 1 is 1.10 bits per heavy atom. The van der Waals surface area contributed by atoms with Crippen molar-refractivity contribution in [2.75, 3.05) is 23.1 Å². The van der Waals surface area contributed by atoms with E-state index in [1.165, 1.54) is 42.4 Å². The van der Waals surface area contributed by atoms with Crippen molar-refractivity contribution in [2.24, 2.45) is 5.41 Å². The first kappa shape index (κ1) is 20.7. The van der Waals surface area contributed by atoms with Gasteiger partial charge in [0.15, 0.2) is 0 Å². The van der Waals surface area contributed by atoms with E-state index in [-0.39, 0.29) is 22.9 Å². The van der Waals surface area contributed by atoms with Crippen LogP contribution in [0.2, 0.25) is 0 Å². The minimum absolute atomic E-state index is 0.142. The number of nitrogens with zero attached hydrogens (tertiary/aromatic N) is 2. The Labute approximate surface area is 187 Å². The van der Waals surface area contributed by atoms with Crippen LogP contribution >= 0.6 is 23.3 Å². The summed E-state index contributed by atoms with van der Waals surface area (Å²) < 4.78 is 46.3. The number of benzene rings is 2. The van der Waals surface area contributed by atoms with Crippen LogP contribution in [0.5, 0.6) is 0 Å². The SMILES string of the molecule is Fc1cccc(CN2CC3(CC3)C2)c1CNc1cc(F)c(SNc2cscn2)c(F)c1. The summed E-state index contributed by atoms with van der Waals surface area (Å²) >= 11 is 2.22. The van der Waals surface area contributed by atoms with Gasteiger partial charge in [-0.3, -0.25) is 4.90 Å². The number of thiazole rings is 1. The number of aromatic nitrogens is 1. The number of hydrogen-bond donors (Lipinski definition) is 2. The Morgan fingerprint density at radius 2 is 1.87 bits per heavy atom. The van der Waals surface area contributed by atoms with Crippen LogP contribution < -0.4 is 10.0 Å². The topological polar surface area (TPSA) is 40.2 Å². The van der Waals surface area contributed by atoms with Gasteiger partial charge >= 0.3 is 0 Å². The Balaban J connectivity index is 1.25. The van der Waals surface area contributed by atoms with E-state index in [0.717, 1.165) is 30.6 Å². The molecule has 9 heteroatoms. The van der Waals surface area contributed by atoms with E-state index in [4.69, 9.17) is 0 Å². The molecule has 4 nitrogen and oxygen atoms in total. The second-order valence-electron chi connectivity index (χ2n) is 8.22. The maximum atomic E-state index is 14.5. The number of anilines is 2. The first-order valence-electron chi connectivity index (χ1n) is 10.0. The molecule has 1 spiro atoms. The van der Waals surface area contributed by atoms with E-state index < -0.39 is 11.6 Å². The van der Waals surface area contributed by atoms with Crippen molar-refractivity contribution in [3.63, 3.8) is 0 Å². The van der Waals surface area contributed by atoms with Gasteiger partial charge in [0.05, 0.1) is 5.51 Å². The zero-order chi connectivity index (χ0) is 21.4. The molecule has 0 unspecified atom stereocenters. The maximum absolute atomic E-state index is 14.5. The fourth-order valence-electron chi connectivity index (χ4n) is 4.01. The van der Waals surface area contributed by atoms with Gasteiger partial charge in [-0.15, -0.1) is 11.3 Å². The summed E-state index contributed by atoms with van der Waals surface area (Å²) in [5.74, 6) is -1.16. The highest BCUT2D eigenvalue weighted by atomic mass is 32.2. The van der Waals surface area contributed by atoms with E-state index in [2.05, 4.69) is 19.9 Å².